The first-order valence-corrected chi connectivity index (χ1v) is 14.5. The Bertz CT molecular complexity index is 1440. The monoisotopic (exact) mass is 596 g/mol. The number of nitrogens with one attached hydrogen (secondary N) is 2. The number of esters is 1. The van der Waals surface area contributed by atoms with Gasteiger partial charge in [0.15, 0.2) is 11.5 Å². The van der Waals surface area contributed by atoms with Gasteiger partial charge in [-0.3, -0.25) is 9.36 Å². The van der Waals surface area contributed by atoms with Gasteiger partial charge in [-0.1, -0.05) is 19.1 Å². The van der Waals surface area contributed by atoms with Gasteiger partial charge in [-0.25, -0.2) is 25.1 Å². The molecule has 16 heteroatoms. The molecule has 0 aliphatic heterocycles. The van der Waals surface area contributed by atoms with Gasteiger partial charge in [-0.05, 0) is 44.9 Å². The minimum absolute atomic E-state index is 0.0819. The van der Waals surface area contributed by atoms with Gasteiger partial charge in [-0.2, -0.15) is 18.4 Å². The van der Waals surface area contributed by atoms with Crippen molar-refractivity contribution in [2.24, 2.45) is 0 Å². The normalized spacial score (nSPS) is 15.2. The van der Waals surface area contributed by atoms with Crippen LogP contribution < -0.4 is 15.9 Å². The summed E-state index contributed by atoms with van der Waals surface area (Å²) in [7, 11) is -4.34. The summed E-state index contributed by atoms with van der Waals surface area (Å²) in [6, 6.07) is 4.13. The maximum Gasteiger partial charge on any atom is 0.408 e. The molecule has 0 fully saturated rings. The van der Waals surface area contributed by atoms with Crippen molar-refractivity contribution >= 4 is 30.4 Å². The average Bonchev–Trinajstić information content (AvgIpc) is 3.32. The van der Waals surface area contributed by atoms with Gasteiger partial charge in [0.05, 0.1) is 37.2 Å². The van der Waals surface area contributed by atoms with Crippen LogP contribution in [0.5, 0.6) is 0 Å². The molecule has 0 saturated carbocycles. The van der Waals surface area contributed by atoms with E-state index in [0.717, 1.165) is 12.1 Å². The molecule has 41 heavy (non-hydrogen) atoms. The second-order valence-electron chi connectivity index (χ2n) is 9.88. The lowest BCUT2D eigenvalue weighted by Gasteiger charge is -2.34. The predicted molar refractivity (Wildman–Crippen MR) is 144 cm³/mol. The number of benzene rings is 1. The molecule has 2 aromatic heterocycles. The first-order valence-electron chi connectivity index (χ1n) is 12.6. The molecule has 0 aliphatic carbocycles. The summed E-state index contributed by atoms with van der Waals surface area (Å²) in [4.78, 5) is 24.9. The van der Waals surface area contributed by atoms with Crippen LogP contribution in [0.15, 0.2) is 36.9 Å². The fraction of sp³-hybridized carbons (Fsp3) is 0.480. The molecule has 12 nitrogen and oxygen atoms in total. The lowest BCUT2D eigenvalue weighted by molar-refractivity contribution is -0.153. The molecule has 3 atom stereocenters. The van der Waals surface area contributed by atoms with Crippen molar-refractivity contribution in [3.05, 3.63) is 48.0 Å². The molecule has 0 spiro atoms. The van der Waals surface area contributed by atoms with Crippen LogP contribution in [-0.2, 0) is 25.4 Å². The molecule has 0 amide bonds. The molecule has 1 unspecified atom stereocenters. The molecular formula is C25H32F3N8O4P. The number of anilines is 1. The van der Waals surface area contributed by atoms with Crippen LogP contribution >= 0.6 is 7.44 Å². The first-order chi connectivity index (χ1) is 19.2. The Labute approximate surface area is 234 Å². The van der Waals surface area contributed by atoms with Gasteiger partial charge < -0.3 is 19.8 Å². The first kappa shape index (κ1) is 32.0. The van der Waals surface area contributed by atoms with E-state index in [0.29, 0.717) is 17.6 Å². The molecule has 0 saturated heterocycles. The number of ether oxygens (including phenoxy) is 2. The summed E-state index contributed by atoms with van der Waals surface area (Å²) >= 11 is 0. The quantitative estimate of drug-likeness (QED) is 0.192. The second kappa shape index (κ2) is 12.9. The van der Waals surface area contributed by atoms with Crippen LogP contribution in [0.1, 0.15) is 51.3 Å². The Morgan fingerprint density at radius 3 is 2.51 bits per heavy atom. The van der Waals surface area contributed by atoms with Gasteiger partial charge in [0.1, 0.15) is 29.8 Å². The Morgan fingerprint density at radius 1 is 1.22 bits per heavy atom. The maximum atomic E-state index is 14.3. The number of nitriles is 1. The predicted octanol–water partition coefficient (Wildman–Crippen LogP) is 4.05. The molecule has 4 N–H and O–H groups in total. The third-order valence-corrected chi connectivity index (χ3v) is 7.98. The Morgan fingerprint density at radius 2 is 1.90 bits per heavy atom. The van der Waals surface area contributed by atoms with E-state index < -0.39 is 43.6 Å². The third-order valence-electron chi connectivity index (χ3n) is 5.87. The third kappa shape index (κ3) is 8.23. The number of carbonyl (C=O) groups excluding carboxylic acids is 1. The number of nitrogens with zero attached hydrogens (tertiary/aromatic N) is 5. The van der Waals surface area contributed by atoms with Crippen LogP contribution in [0.25, 0.3) is 11.2 Å². The van der Waals surface area contributed by atoms with Gasteiger partial charge >= 0.3 is 12.1 Å². The number of imidazole rings is 1. The molecule has 3 rings (SSSR count). The molecule has 3 aromatic rings. The number of fused-ring (bicyclic) bond motifs is 1. The smallest absolute Gasteiger partial charge is 0.408 e. The van der Waals surface area contributed by atoms with Gasteiger partial charge in [0.2, 0.25) is 7.44 Å². The SMILES string of the molecule is CCCOC(=O)C(C)(C)NP(=O)(CO[C@H](C)Cn1cnc2c(N)ncnc21)N[C@H](c1ccc(C#N)cc1)C(F)(F)F. The van der Waals surface area contributed by atoms with Crippen LogP contribution in [0, 0.1) is 11.3 Å². The summed E-state index contributed by atoms with van der Waals surface area (Å²) in [6.45, 7) is 6.35. The Balaban J connectivity index is 1.88. The van der Waals surface area contributed by atoms with Gasteiger partial charge in [-0.15, -0.1) is 0 Å². The highest BCUT2D eigenvalue weighted by atomic mass is 31.2. The summed E-state index contributed by atoms with van der Waals surface area (Å²) in [5, 5.41) is 13.8. The average molecular weight is 597 g/mol. The second-order valence-corrected chi connectivity index (χ2v) is 12.1. The molecular weight excluding hydrogens is 564 g/mol. The molecule has 2 heterocycles. The van der Waals surface area contributed by atoms with Crippen LogP contribution in [0.3, 0.4) is 0 Å². The van der Waals surface area contributed by atoms with Crippen molar-refractivity contribution in [1.82, 2.24) is 29.7 Å². The zero-order chi connectivity index (χ0) is 30.4. The molecule has 0 aliphatic rings. The van der Waals surface area contributed by atoms with E-state index in [1.165, 1.54) is 38.6 Å². The molecule has 0 bridgehead atoms. The minimum Gasteiger partial charge on any atom is -0.464 e. The van der Waals surface area contributed by atoms with Crippen molar-refractivity contribution in [2.45, 2.75) is 64.5 Å². The highest BCUT2D eigenvalue weighted by Gasteiger charge is 2.47. The number of hydrogen-bond acceptors (Lipinski definition) is 9. The highest BCUT2D eigenvalue weighted by Crippen LogP contribution is 2.46. The number of halogens is 3. The van der Waals surface area contributed by atoms with Crippen molar-refractivity contribution in [1.29, 1.82) is 5.26 Å². The summed E-state index contributed by atoms with van der Waals surface area (Å²) in [5.74, 6) is -0.614. The van der Waals surface area contributed by atoms with E-state index in [4.69, 9.17) is 20.5 Å². The number of aromatic nitrogens is 4. The Kier molecular flexibility index (Phi) is 10.1. The number of alkyl halides is 3. The van der Waals surface area contributed by atoms with Crippen molar-refractivity contribution in [2.75, 3.05) is 18.7 Å². The number of nitrogen functional groups attached to an aromatic ring is 1. The van der Waals surface area contributed by atoms with E-state index in [-0.39, 0.29) is 30.1 Å². The van der Waals surface area contributed by atoms with E-state index >= 15 is 0 Å². The zero-order valence-corrected chi connectivity index (χ0v) is 23.9. The number of rotatable bonds is 13. The maximum absolute atomic E-state index is 14.3. The van der Waals surface area contributed by atoms with Gasteiger partial charge in [0.25, 0.3) is 0 Å². The fourth-order valence-electron chi connectivity index (χ4n) is 3.86. The number of hydrogen-bond donors (Lipinski definition) is 3. The van der Waals surface area contributed by atoms with Crippen molar-refractivity contribution in [3.8, 4) is 6.07 Å². The summed E-state index contributed by atoms with van der Waals surface area (Å²) < 4.78 is 69.5. The van der Waals surface area contributed by atoms with E-state index in [2.05, 4.69) is 25.1 Å². The van der Waals surface area contributed by atoms with E-state index in [9.17, 15) is 22.5 Å². The lowest BCUT2D eigenvalue weighted by atomic mass is 10.1. The molecule has 1 aromatic carbocycles. The lowest BCUT2D eigenvalue weighted by Crippen LogP contribution is -2.50. The topological polar surface area (TPSA) is 170 Å². The van der Waals surface area contributed by atoms with Crippen LogP contribution in [0.4, 0.5) is 19.0 Å². The number of nitrogens with two attached hydrogens (primary N) is 1. The minimum atomic E-state index is -4.89. The van der Waals surface area contributed by atoms with Crippen LogP contribution in [-0.4, -0.2) is 56.3 Å². The van der Waals surface area contributed by atoms with Crippen molar-refractivity contribution < 1.29 is 32.0 Å². The van der Waals surface area contributed by atoms with Crippen molar-refractivity contribution in [3.63, 3.8) is 0 Å². The Hall–Kier alpha value is -3.57. The van der Waals surface area contributed by atoms with Crippen LogP contribution in [0.2, 0.25) is 0 Å². The molecule has 0 radical (unpaired) electrons. The van der Waals surface area contributed by atoms with Gasteiger partial charge in [0, 0.05) is 0 Å². The standard InChI is InChI=1S/C25H32F3N8O4P/c1-5-10-39-23(37)24(3,4)35-41(38,34-20(25(26,27)28)18-8-6-17(11-29)7-9-18)15-40-16(2)12-36-14-33-19-21(30)31-13-32-22(19)36/h6-9,13-14,16,20H,5,10,12,15H2,1-4H3,(H2,30,31,32)(H2,34,35,38)/t16-,20-,41?/m1/s1. The highest BCUT2D eigenvalue weighted by molar-refractivity contribution is 7.59. The fourth-order valence-corrected chi connectivity index (χ4v) is 6.24. The van der Waals surface area contributed by atoms with E-state index in [1.54, 1.807) is 18.4 Å². The molecule has 222 valence electrons. The summed E-state index contributed by atoms with van der Waals surface area (Å²) in [5.41, 5.74) is 4.85. The largest absolute Gasteiger partial charge is 0.464 e. The zero-order valence-electron chi connectivity index (χ0n) is 23.0. The van der Waals surface area contributed by atoms with E-state index in [1.807, 2.05) is 6.07 Å². The number of carbonyl (C=O) groups is 1. The summed E-state index contributed by atoms with van der Waals surface area (Å²) in [6.07, 6.45) is -3.04.